The van der Waals surface area contributed by atoms with Crippen LogP contribution in [0, 0.1) is 11.3 Å². The number of carbonyl (C=O) groups is 1. The molecule has 2 aromatic heterocycles. The molecule has 2 aromatic carbocycles. The fraction of sp³-hybridized carbons (Fsp3) is 0.222. The Hall–Kier alpha value is -4.42. The summed E-state index contributed by atoms with van der Waals surface area (Å²) in [5.41, 5.74) is 2.90. The summed E-state index contributed by atoms with van der Waals surface area (Å²) >= 11 is 6.00. The maximum atomic E-state index is 12.4. The van der Waals surface area contributed by atoms with E-state index < -0.39 is 11.7 Å². The van der Waals surface area contributed by atoms with Gasteiger partial charge in [0.05, 0.1) is 41.2 Å². The number of amides is 1. The van der Waals surface area contributed by atoms with Gasteiger partial charge in [-0.25, -0.2) is 9.89 Å². The minimum absolute atomic E-state index is 0.0561. The van der Waals surface area contributed by atoms with Gasteiger partial charge in [-0.3, -0.25) is 9.48 Å². The van der Waals surface area contributed by atoms with Crippen LogP contribution in [0.3, 0.4) is 0 Å². The number of alkyl carbamates (subject to hydrolysis) is 1. The van der Waals surface area contributed by atoms with Crippen molar-refractivity contribution in [3.63, 3.8) is 0 Å². The summed E-state index contributed by atoms with van der Waals surface area (Å²) in [4.78, 5) is 24.6. The molecule has 1 amide bonds. The molecular weight excluding hydrogens is 492 g/mol. The van der Waals surface area contributed by atoms with E-state index in [0.29, 0.717) is 32.8 Å². The Labute approximate surface area is 218 Å². The van der Waals surface area contributed by atoms with Crippen molar-refractivity contribution in [3.05, 3.63) is 81.0 Å². The Balaban J connectivity index is 1.74. The smallest absolute Gasteiger partial charge is 0.407 e. The number of benzene rings is 2. The summed E-state index contributed by atoms with van der Waals surface area (Å²) < 4.78 is 6.97. The van der Waals surface area contributed by atoms with Crippen LogP contribution in [-0.4, -0.2) is 31.7 Å². The topological polar surface area (TPSA) is 126 Å². The number of carbonyl (C=O) groups excluding carboxylic acids is 1. The van der Waals surface area contributed by atoms with Gasteiger partial charge in [-0.15, -0.1) is 0 Å². The van der Waals surface area contributed by atoms with Gasteiger partial charge in [0.25, 0.3) is 5.56 Å². The van der Waals surface area contributed by atoms with Crippen LogP contribution in [0.2, 0.25) is 5.02 Å². The molecule has 0 radical (unpaired) electrons. The molecule has 4 rings (SSSR count). The fourth-order valence-corrected chi connectivity index (χ4v) is 3.90. The summed E-state index contributed by atoms with van der Waals surface area (Å²) in [5, 5.41) is 25.1. The second-order valence-corrected chi connectivity index (χ2v) is 9.80. The summed E-state index contributed by atoms with van der Waals surface area (Å²) in [6.07, 6.45) is 2.87. The highest BCUT2D eigenvalue weighted by Crippen LogP contribution is 2.30. The van der Waals surface area contributed by atoms with E-state index in [0.717, 1.165) is 16.7 Å². The van der Waals surface area contributed by atoms with Crippen molar-refractivity contribution in [1.82, 2.24) is 25.3 Å². The van der Waals surface area contributed by atoms with Crippen LogP contribution in [0.5, 0.6) is 0 Å². The predicted molar refractivity (Wildman–Crippen MR) is 143 cm³/mol. The maximum absolute atomic E-state index is 12.4. The monoisotopic (exact) mass is 516 g/mol. The minimum atomic E-state index is -0.643. The van der Waals surface area contributed by atoms with E-state index in [1.54, 1.807) is 75.1 Å². The normalized spacial score (nSPS) is 11.8. The number of ether oxygens (including phenoxy) is 1. The average Bonchev–Trinajstić information content (AvgIpc) is 3.21. The molecule has 37 heavy (non-hydrogen) atoms. The van der Waals surface area contributed by atoms with Crippen LogP contribution in [0.4, 0.5) is 4.79 Å². The molecule has 2 heterocycles. The van der Waals surface area contributed by atoms with Crippen LogP contribution in [0.1, 0.15) is 37.7 Å². The number of aromatic nitrogens is 4. The van der Waals surface area contributed by atoms with Crippen molar-refractivity contribution in [2.24, 2.45) is 7.05 Å². The number of nitriles is 1. The number of hydrogen-bond donors (Lipinski definition) is 2. The number of H-pyrrole nitrogens is 1. The zero-order valence-electron chi connectivity index (χ0n) is 20.8. The van der Waals surface area contributed by atoms with Crippen molar-refractivity contribution < 1.29 is 9.53 Å². The summed E-state index contributed by atoms with van der Waals surface area (Å²) in [7, 11) is 1.79. The minimum Gasteiger partial charge on any atom is -0.444 e. The number of rotatable bonds is 5. The second kappa shape index (κ2) is 10.3. The van der Waals surface area contributed by atoms with Crippen molar-refractivity contribution in [2.45, 2.75) is 32.9 Å². The van der Waals surface area contributed by atoms with Gasteiger partial charge in [0, 0.05) is 23.0 Å². The third-order valence-corrected chi connectivity index (χ3v) is 5.77. The van der Waals surface area contributed by atoms with Gasteiger partial charge >= 0.3 is 6.09 Å². The molecule has 9 nitrogen and oxygen atoms in total. The number of hydrogen-bond acceptors (Lipinski definition) is 6. The molecule has 2 N–H and O–H groups in total. The Bertz CT molecular complexity index is 1600. The zero-order chi connectivity index (χ0) is 26.7. The van der Waals surface area contributed by atoms with Crippen LogP contribution >= 0.6 is 11.6 Å². The molecular formula is C27H25ClN6O3. The van der Waals surface area contributed by atoms with Gasteiger partial charge in [0.1, 0.15) is 5.60 Å². The molecule has 0 saturated carbocycles. The number of fused-ring (bicyclic) bond motifs is 1. The lowest BCUT2D eigenvalue weighted by Gasteiger charge is -2.19. The van der Waals surface area contributed by atoms with E-state index in [4.69, 9.17) is 16.3 Å². The highest BCUT2D eigenvalue weighted by molar-refractivity contribution is 6.30. The molecule has 0 spiro atoms. The van der Waals surface area contributed by atoms with E-state index in [-0.39, 0.29) is 12.1 Å². The highest BCUT2D eigenvalue weighted by atomic mass is 35.5. The van der Waals surface area contributed by atoms with Crippen LogP contribution in [0.15, 0.2) is 53.5 Å². The summed E-state index contributed by atoms with van der Waals surface area (Å²) in [6.45, 7) is 5.38. The standard InChI is InChI=1S/C27H25ClN6O3/c1-27(2,3)37-26(36)30-15-23-21-11-17(7-10-20(21)25(35)33-32-23)22-14-31-34(4)24(22)12-18(13-29)16-5-8-19(28)9-6-16/h5-12,14H,15H2,1-4H3,(H,30,36)(H,33,35)/b18-12+. The van der Waals surface area contributed by atoms with Crippen molar-refractivity contribution in [1.29, 1.82) is 5.26 Å². The Morgan fingerprint density at radius 1 is 1.22 bits per heavy atom. The van der Waals surface area contributed by atoms with Gasteiger partial charge in [0.15, 0.2) is 0 Å². The first-order valence-electron chi connectivity index (χ1n) is 11.4. The van der Waals surface area contributed by atoms with Gasteiger partial charge in [-0.05, 0) is 62.2 Å². The molecule has 0 unspecified atom stereocenters. The largest absolute Gasteiger partial charge is 0.444 e. The van der Waals surface area contributed by atoms with Crippen LogP contribution < -0.4 is 10.9 Å². The second-order valence-electron chi connectivity index (χ2n) is 9.36. The van der Waals surface area contributed by atoms with Gasteiger partial charge in [-0.1, -0.05) is 29.8 Å². The molecule has 10 heteroatoms. The van der Waals surface area contributed by atoms with Crippen molar-refractivity contribution in [3.8, 4) is 17.2 Å². The Kier molecular flexibility index (Phi) is 7.14. The third kappa shape index (κ3) is 5.88. The van der Waals surface area contributed by atoms with E-state index in [1.165, 1.54) is 0 Å². The first-order valence-corrected chi connectivity index (χ1v) is 11.8. The van der Waals surface area contributed by atoms with E-state index in [2.05, 4.69) is 26.7 Å². The first kappa shape index (κ1) is 25.7. The van der Waals surface area contributed by atoms with Crippen molar-refractivity contribution >= 4 is 40.1 Å². The molecule has 0 bridgehead atoms. The van der Waals surface area contributed by atoms with Crippen molar-refractivity contribution in [2.75, 3.05) is 0 Å². The number of halogens is 1. The molecule has 0 atom stereocenters. The molecule has 0 aliphatic rings. The van der Waals surface area contributed by atoms with Crippen LogP contribution in [-0.2, 0) is 18.3 Å². The van der Waals surface area contributed by atoms with Gasteiger partial charge < -0.3 is 10.1 Å². The van der Waals surface area contributed by atoms with Crippen LogP contribution in [0.25, 0.3) is 33.5 Å². The summed E-state index contributed by atoms with van der Waals surface area (Å²) in [6, 6.07) is 14.6. The third-order valence-electron chi connectivity index (χ3n) is 5.52. The molecule has 0 aliphatic carbocycles. The highest BCUT2D eigenvalue weighted by Gasteiger charge is 2.18. The van der Waals surface area contributed by atoms with Gasteiger partial charge in [0.2, 0.25) is 0 Å². The molecule has 4 aromatic rings. The number of allylic oxidation sites excluding steroid dienone is 1. The number of aromatic amines is 1. The fourth-order valence-electron chi connectivity index (χ4n) is 3.78. The summed E-state index contributed by atoms with van der Waals surface area (Å²) in [5.74, 6) is 0. The number of aryl methyl sites for hydroxylation is 1. The molecule has 0 fully saturated rings. The predicted octanol–water partition coefficient (Wildman–Crippen LogP) is 5.07. The number of nitrogens with one attached hydrogen (secondary N) is 2. The molecule has 0 saturated heterocycles. The average molecular weight is 517 g/mol. The Morgan fingerprint density at radius 3 is 2.62 bits per heavy atom. The van der Waals surface area contributed by atoms with E-state index >= 15 is 0 Å². The van der Waals surface area contributed by atoms with E-state index in [9.17, 15) is 14.9 Å². The SMILES string of the molecule is Cn1ncc(-c2ccc3c(=O)[nH]nc(CNC(=O)OC(C)(C)C)c3c2)c1/C=C(\C#N)c1ccc(Cl)cc1. The number of nitrogens with zero attached hydrogens (tertiary/aromatic N) is 4. The molecule has 188 valence electrons. The maximum Gasteiger partial charge on any atom is 0.407 e. The first-order chi connectivity index (χ1) is 17.6. The lowest BCUT2D eigenvalue weighted by molar-refractivity contribution is 0.0523. The van der Waals surface area contributed by atoms with Gasteiger partial charge in [-0.2, -0.15) is 15.5 Å². The Morgan fingerprint density at radius 2 is 1.95 bits per heavy atom. The lowest BCUT2D eigenvalue weighted by atomic mass is 9.99. The van der Waals surface area contributed by atoms with E-state index in [1.807, 2.05) is 12.1 Å². The quantitative estimate of drug-likeness (QED) is 0.357. The zero-order valence-corrected chi connectivity index (χ0v) is 21.6. The molecule has 0 aliphatic heterocycles. The lowest BCUT2D eigenvalue weighted by Crippen LogP contribution is -2.32.